The molecular formula is C16H18N2O2S. The van der Waals surface area contributed by atoms with Gasteiger partial charge in [-0.05, 0) is 37.1 Å². The molecule has 1 unspecified atom stereocenters. The first kappa shape index (κ1) is 15.5. The summed E-state index contributed by atoms with van der Waals surface area (Å²) in [6, 6.07) is 12.8. The maximum Gasteiger partial charge on any atom is 0.269 e. The van der Waals surface area contributed by atoms with Crippen LogP contribution in [0.3, 0.4) is 0 Å². The van der Waals surface area contributed by atoms with Crippen LogP contribution in [0, 0.1) is 24.0 Å². The molecule has 0 aliphatic carbocycles. The Morgan fingerprint density at radius 2 is 1.86 bits per heavy atom. The van der Waals surface area contributed by atoms with Gasteiger partial charge in [0.15, 0.2) is 0 Å². The first-order valence-corrected chi connectivity index (χ1v) is 7.66. The number of hydrogen-bond acceptors (Lipinski definition) is 4. The summed E-state index contributed by atoms with van der Waals surface area (Å²) < 4.78 is 0. The van der Waals surface area contributed by atoms with E-state index in [-0.39, 0.29) is 11.7 Å². The van der Waals surface area contributed by atoms with Crippen molar-refractivity contribution in [3.05, 3.63) is 69.3 Å². The van der Waals surface area contributed by atoms with Crippen LogP contribution in [0.15, 0.2) is 47.4 Å². The third-order valence-corrected chi connectivity index (χ3v) is 4.43. The van der Waals surface area contributed by atoms with Gasteiger partial charge in [-0.2, -0.15) is 0 Å². The fraction of sp³-hybridized carbons (Fsp3) is 0.250. The second-order valence-corrected chi connectivity index (χ2v) is 6.12. The van der Waals surface area contributed by atoms with Crippen LogP contribution in [0.2, 0.25) is 0 Å². The van der Waals surface area contributed by atoms with Crippen LogP contribution in [0.1, 0.15) is 22.7 Å². The number of non-ortho nitro benzene ring substituents is 1. The van der Waals surface area contributed by atoms with Gasteiger partial charge in [0.2, 0.25) is 0 Å². The van der Waals surface area contributed by atoms with E-state index in [0.29, 0.717) is 0 Å². The summed E-state index contributed by atoms with van der Waals surface area (Å²) in [5.41, 5.74) is 9.93. The molecule has 0 spiro atoms. The predicted octanol–water partition coefficient (Wildman–Crippen LogP) is 4.00. The van der Waals surface area contributed by atoms with Crippen molar-refractivity contribution in [2.75, 3.05) is 5.75 Å². The van der Waals surface area contributed by atoms with Gasteiger partial charge in [-0.15, -0.1) is 11.8 Å². The van der Waals surface area contributed by atoms with E-state index in [4.69, 9.17) is 5.73 Å². The number of benzene rings is 2. The largest absolute Gasteiger partial charge is 0.323 e. The lowest BCUT2D eigenvalue weighted by Gasteiger charge is -2.15. The van der Waals surface area contributed by atoms with E-state index in [0.717, 1.165) is 16.2 Å². The molecule has 2 N–H and O–H groups in total. The summed E-state index contributed by atoms with van der Waals surface area (Å²) in [4.78, 5) is 11.2. The van der Waals surface area contributed by atoms with Gasteiger partial charge >= 0.3 is 0 Å². The molecule has 0 saturated heterocycles. The van der Waals surface area contributed by atoms with Crippen LogP contribution >= 0.6 is 11.8 Å². The number of nitro groups is 1. The van der Waals surface area contributed by atoms with Crippen molar-refractivity contribution < 1.29 is 4.92 Å². The average molecular weight is 302 g/mol. The molecule has 1 atom stereocenters. The first-order chi connectivity index (χ1) is 9.97. The maximum absolute atomic E-state index is 10.6. The minimum Gasteiger partial charge on any atom is -0.323 e. The molecule has 5 heteroatoms. The van der Waals surface area contributed by atoms with E-state index in [9.17, 15) is 10.1 Å². The molecule has 21 heavy (non-hydrogen) atoms. The number of nitrogens with zero attached hydrogens (tertiary/aromatic N) is 1. The molecule has 0 saturated carbocycles. The molecule has 0 amide bonds. The Bertz CT molecular complexity index is 641. The van der Waals surface area contributed by atoms with Crippen LogP contribution in [0.25, 0.3) is 0 Å². The van der Waals surface area contributed by atoms with Crippen LogP contribution in [0.4, 0.5) is 5.69 Å². The Morgan fingerprint density at radius 3 is 2.43 bits per heavy atom. The molecule has 4 nitrogen and oxygen atoms in total. The van der Waals surface area contributed by atoms with Crippen molar-refractivity contribution in [2.45, 2.75) is 24.8 Å². The third-order valence-electron chi connectivity index (χ3n) is 3.30. The standard InChI is InChI=1S/C16H18N2O2S/c1-11-3-8-15(12(2)9-11)16(17)10-21-14-6-4-13(5-7-14)18(19)20/h3-9,16H,10,17H2,1-2H3. The number of thioether (sulfide) groups is 1. The Kier molecular flexibility index (Phi) is 4.98. The van der Waals surface area contributed by atoms with Gasteiger partial charge in [0.1, 0.15) is 0 Å². The van der Waals surface area contributed by atoms with Crippen molar-refractivity contribution in [1.82, 2.24) is 0 Å². The Hall–Kier alpha value is -1.85. The summed E-state index contributed by atoms with van der Waals surface area (Å²) in [5.74, 6) is 0.738. The van der Waals surface area contributed by atoms with Crippen molar-refractivity contribution in [2.24, 2.45) is 5.73 Å². The van der Waals surface area contributed by atoms with E-state index >= 15 is 0 Å². The summed E-state index contributed by atoms with van der Waals surface area (Å²) >= 11 is 1.61. The Labute approximate surface area is 128 Å². The van der Waals surface area contributed by atoms with Gasteiger partial charge in [-0.25, -0.2) is 0 Å². The monoisotopic (exact) mass is 302 g/mol. The van der Waals surface area contributed by atoms with Crippen molar-refractivity contribution >= 4 is 17.4 Å². The predicted molar refractivity (Wildman–Crippen MR) is 86.7 cm³/mol. The number of nitrogens with two attached hydrogens (primary N) is 1. The number of nitro benzene ring substituents is 1. The second-order valence-electron chi connectivity index (χ2n) is 5.03. The number of aryl methyl sites for hydroxylation is 2. The lowest BCUT2D eigenvalue weighted by molar-refractivity contribution is -0.384. The fourth-order valence-corrected chi connectivity index (χ4v) is 3.06. The molecule has 0 bridgehead atoms. The zero-order chi connectivity index (χ0) is 15.4. The first-order valence-electron chi connectivity index (χ1n) is 6.67. The molecule has 2 aromatic rings. The van der Waals surface area contributed by atoms with Crippen LogP contribution in [-0.2, 0) is 0 Å². The highest BCUT2D eigenvalue weighted by molar-refractivity contribution is 7.99. The average Bonchev–Trinajstić information content (AvgIpc) is 2.45. The molecule has 110 valence electrons. The molecule has 0 radical (unpaired) electrons. The van der Waals surface area contributed by atoms with E-state index in [1.807, 2.05) is 0 Å². The lowest BCUT2D eigenvalue weighted by Crippen LogP contribution is -2.14. The van der Waals surface area contributed by atoms with E-state index in [2.05, 4.69) is 32.0 Å². The molecular weight excluding hydrogens is 284 g/mol. The summed E-state index contributed by atoms with van der Waals surface area (Å²) in [5, 5.41) is 10.6. The third kappa shape index (κ3) is 4.06. The normalized spacial score (nSPS) is 12.1. The summed E-state index contributed by atoms with van der Waals surface area (Å²) in [7, 11) is 0. The van der Waals surface area contributed by atoms with Crippen LogP contribution < -0.4 is 5.73 Å². The van der Waals surface area contributed by atoms with Gasteiger partial charge < -0.3 is 5.73 Å². The zero-order valence-corrected chi connectivity index (χ0v) is 12.9. The molecule has 0 aliphatic rings. The highest BCUT2D eigenvalue weighted by atomic mass is 32.2. The topological polar surface area (TPSA) is 69.2 Å². The minimum absolute atomic E-state index is 0.0502. The van der Waals surface area contributed by atoms with Gasteiger partial charge in [0.25, 0.3) is 5.69 Å². The minimum atomic E-state index is -0.393. The van der Waals surface area contributed by atoms with Gasteiger partial charge in [-0.1, -0.05) is 23.8 Å². The van der Waals surface area contributed by atoms with Crippen LogP contribution in [0.5, 0.6) is 0 Å². The molecule has 0 fully saturated rings. The quantitative estimate of drug-likeness (QED) is 0.515. The SMILES string of the molecule is Cc1ccc(C(N)CSc2ccc([N+](=O)[O-])cc2)c(C)c1. The van der Waals surface area contributed by atoms with E-state index in [1.165, 1.54) is 23.3 Å². The second kappa shape index (κ2) is 6.74. The summed E-state index contributed by atoms with van der Waals surface area (Å²) in [6.45, 7) is 4.13. The highest BCUT2D eigenvalue weighted by Crippen LogP contribution is 2.26. The molecule has 0 aliphatic heterocycles. The molecule has 2 rings (SSSR count). The zero-order valence-electron chi connectivity index (χ0n) is 12.1. The van der Waals surface area contributed by atoms with E-state index in [1.54, 1.807) is 23.9 Å². The number of hydrogen-bond donors (Lipinski definition) is 1. The Balaban J connectivity index is 2.00. The lowest BCUT2D eigenvalue weighted by atomic mass is 10.0. The Morgan fingerprint density at radius 1 is 1.19 bits per heavy atom. The maximum atomic E-state index is 10.6. The van der Waals surface area contributed by atoms with Crippen LogP contribution in [-0.4, -0.2) is 10.7 Å². The smallest absolute Gasteiger partial charge is 0.269 e. The highest BCUT2D eigenvalue weighted by Gasteiger charge is 2.10. The van der Waals surface area contributed by atoms with Crippen molar-refractivity contribution in [1.29, 1.82) is 0 Å². The molecule has 0 heterocycles. The van der Waals surface area contributed by atoms with E-state index < -0.39 is 4.92 Å². The number of rotatable bonds is 5. The van der Waals surface area contributed by atoms with Gasteiger partial charge in [-0.3, -0.25) is 10.1 Å². The molecule has 0 aromatic heterocycles. The molecule has 2 aromatic carbocycles. The van der Waals surface area contributed by atoms with Gasteiger partial charge in [0, 0.05) is 28.8 Å². The van der Waals surface area contributed by atoms with Crippen molar-refractivity contribution in [3.63, 3.8) is 0 Å². The fourth-order valence-electron chi connectivity index (χ4n) is 2.18. The van der Waals surface area contributed by atoms with Crippen molar-refractivity contribution in [3.8, 4) is 0 Å². The van der Waals surface area contributed by atoms with Gasteiger partial charge in [0.05, 0.1) is 4.92 Å². The summed E-state index contributed by atoms with van der Waals surface area (Å²) in [6.07, 6.45) is 0.